The zero-order valence-corrected chi connectivity index (χ0v) is 15.0. The van der Waals surface area contributed by atoms with Crippen LogP contribution in [0.2, 0.25) is 5.02 Å². The number of benzene rings is 1. The summed E-state index contributed by atoms with van der Waals surface area (Å²) in [6, 6.07) is 3.32. The van der Waals surface area contributed by atoms with Crippen LogP contribution in [0.5, 0.6) is 11.5 Å². The van der Waals surface area contributed by atoms with Crippen LogP contribution in [-0.4, -0.2) is 38.1 Å². The first-order valence-electron chi connectivity index (χ1n) is 7.52. The molecule has 0 N–H and O–H groups in total. The Bertz CT molecular complexity index is 515. The van der Waals surface area contributed by atoms with Crippen molar-refractivity contribution in [3.8, 4) is 11.5 Å². The van der Waals surface area contributed by atoms with E-state index in [0.717, 1.165) is 0 Å². The average Bonchev–Trinajstić information content (AvgIpc) is 2.43. The third-order valence-corrected chi connectivity index (χ3v) is 3.30. The number of amides is 1. The maximum absolute atomic E-state index is 12.4. The van der Waals surface area contributed by atoms with Crippen molar-refractivity contribution in [3.63, 3.8) is 0 Å². The number of rotatable bonds is 7. The monoisotopic (exact) mass is 327 g/mol. The Morgan fingerprint density at radius 1 is 1.23 bits per heavy atom. The fourth-order valence-corrected chi connectivity index (χ4v) is 2.35. The first-order valence-corrected chi connectivity index (χ1v) is 7.89. The lowest BCUT2D eigenvalue weighted by Gasteiger charge is -2.21. The van der Waals surface area contributed by atoms with Gasteiger partial charge >= 0.3 is 0 Å². The molecule has 0 saturated heterocycles. The second-order valence-corrected chi connectivity index (χ2v) is 6.68. The molecule has 1 amide bonds. The third kappa shape index (κ3) is 5.09. The van der Waals surface area contributed by atoms with Crippen LogP contribution >= 0.6 is 11.6 Å². The number of carbonyl (C=O) groups excluding carboxylic acids is 1. The molecule has 0 fully saturated rings. The molecule has 0 aliphatic carbocycles. The van der Waals surface area contributed by atoms with Crippen molar-refractivity contribution in [3.05, 3.63) is 22.7 Å². The molecule has 22 heavy (non-hydrogen) atoms. The van der Waals surface area contributed by atoms with Crippen LogP contribution in [0.3, 0.4) is 0 Å². The molecule has 0 saturated carbocycles. The molecular formula is C17H26ClNO3. The lowest BCUT2D eigenvalue weighted by Crippen LogP contribution is -2.30. The van der Waals surface area contributed by atoms with E-state index in [1.54, 1.807) is 31.2 Å². The van der Waals surface area contributed by atoms with E-state index in [1.165, 1.54) is 0 Å². The predicted octanol–water partition coefficient (Wildman–Crippen LogP) is 4.11. The standard InChI is InChI=1S/C17H26ClNO3/c1-11(2)9-19(5)17(20)13-7-14(18)16(15(8-13)21-6)22-10-12(3)4/h7-8,11-12H,9-10H2,1-6H3. The summed E-state index contributed by atoms with van der Waals surface area (Å²) in [6.45, 7) is 9.47. The van der Waals surface area contributed by atoms with Gasteiger partial charge in [0.25, 0.3) is 5.91 Å². The molecule has 0 aliphatic heterocycles. The Morgan fingerprint density at radius 3 is 2.36 bits per heavy atom. The van der Waals surface area contributed by atoms with Gasteiger partial charge in [-0.2, -0.15) is 0 Å². The fourth-order valence-electron chi connectivity index (χ4n) is 2.08. The minimum atomic E-state index is -0.0793. The lowest BCUT2D eigenvalue weighted by molar-refractivity contribution is 0.0778. The molecule has 0 radical (unpaired) electrons. The van der Waals surface area contributed by atoms with Crippen molar-refractivity contribution in [2.24, 2.45) is 11.8 Å². The van der Waals surface area contributed by atoms with Gasteiger partial charge in [-0.3, -0.25) is 4.79 Å². The van der Waals surface area contributed by atoms with Crippen LogP contribution in [0.15, 0.2) is 12.1 Å². The molecule has 1 aromatic rings. The van der Waals surface area contributed by atoms with Crippen molar-refractivity contribution in [2.45, 2.75) is 27.7 Å². The van der Waals surface area contributed by atoms with Crippen LogP contribution in [0.4, 0.5) is 0 Å². The summed E-state index contributed by atoms with van der Waals surface area (Å²) in [5.41, 5.74) is 0.502. The molecule has 1 aromatic carbocycles. The van der Waals surface area contributed by atoms with Gasteiger partial charge in [0.05, 0.1) is 18.7 Å². The maximum atomic E-state index is 12.4. The predicted molar refractivity (Wildman–Crippen MR) is 90.1 cm³/mol. The zero-order valence-electron chi connectivity index (χ0n) is 14.3. The van der Waals surface area contributed by atoms with E-state index >= 15 is 0 Å². The topological polar surface area (TPSA) is 38.8 Å². The number of carbonyl (C=O) groups is 1. The molecule has 0 heterocycles. The Kier molecular flexibility index (Phi) is 7.01. The number of methoxy groups -OCH3 is 1. The van der Waals surface area contributed by atoms with Crippen LogP contribution < -0.4 is 9.47 Å². The van der Waals surface area contributed by atoms with Crippen molar-refractivity contribution in [1.82, 2.24) is 4.90 Å². The van der Waals surface area contributed by atoms with Gasteiger partial charge in [0.1, 0.15) is 0 Å². The number of hydrogen-bond acceptors (Lipinski definition) is 3. The lowest BCUT2D eigenvalue weighted by atomic mass is 10.1. The highest BCUT2D eigenvalue weighted by atomic mass is 35.5. The number of halogens is 1. The summed E-state index contributed by atoms with van der Waals surface area (Å²) >= 11 is 6.28. The van der Waals surface area contributed by atoms with Crippen molar-refractivity contribution >= 4 is 17.5 Å². The molecule has 0 bridgehead atoms. The van der Waals surface area contributed by atoms with E-state index in [0.29, 0.717) is 47.1 Å². The van der Waals surface area contributed by atoms with Crippen LogP contribution in [-0.2, 0) is 0 Å². The second kappa shape index (κ2) is 8.28. The minimum absolute atomic E-state index is 0.0793. The van der Waals surface area contributed by atoms with Gasteiger partial charge < -0.3 is 14.4 Å². The van der Waals surface area contributed by atoms with E-state index in [-0.39, 0.29) is 5.91 Å². The van der Waals surface area contributed by atoms with Crippen LogP contribution in [0.1, 0.15) is 38.1 Å². The van der Waals surface area contributed by atoms with E-state index in [4.69, 9.17) is 21.1 Å². The molecule has 0 spiro atoms. The van der Waals surface area contributed by atoms with Gasteiger partial charge in [-0.15, -0.1) is 0 Å². The smallest absolute Gasteiger partial charge is 0.253 e. The normalized spacial score (nSPS) is 11.0. The molecule has 1 rings (SSSR count). The first kappa shape index (κ1) is 18.6. The Hall–Kier alpha value is -1.42. The van der Waals surface area contributed by atoms with Crippen molar-refractivity contribution in [1.29, 1.82) is 0 Å². The summed E-state index contributed by atoms with van der Waals surface area (Å²) in [7, 11) is 3.33. The van der Waals surface area contributed by atoms with Gasteiger partial charge in [0.2, 0.25) is 0 Å². The van der Waals surface area contributed by atoms with E-state index in [2.05, 4.69) is 27.7 Å². The van der Waals surface area contributed by atoms with Crippen LogP contribution in [0, 0.1) is 11.8 Å². The van der Waals surface area contributed by atoms with Gasteiger partial charge in [-0.1, -0.05) is 39.3 Å². The first-order chi connectivity index (χ1) is 10.3. The number of hydrogen-bond donors (Lipinski definition) is 0. The summed E-state index contributed by atoms with van der Waals surface area (Å²) in [5, 5.41) is 0.390. The fraction of sp³-hybridized carbons (Fsp3) is 0.588. The third-order valence-electron chi connectivity index (χ3n) is 3.02. The van der Waals surface area contributed by atoms with Crippen molar-refractivity contribution in [2.75, 3.05) is 27.3 Å². The van der Waals surface area contributed by atoms with E-state index in [9.17, 15) is 4.79 Å². The van der Waals surface area contributed by atoms with Crippen molar-refractivity contribution < 1.29 is 14.3 Å². The zero-order chi connectivity index (χ0) is 16.9. The summed E-state index contributed by atoms with van der Waals surface area (Å²) in [6.07, 6.45) is 0. The Morgan fingerprint density at radius 2 is 1.86 bits per heavy atom. The second-order valence-electron chi connectivity index (χ2n) is 6.27. The Labute approximate surface area is 138 Å². The highest BCUT2D eigenvalue weighted by molar-refractivity contribution is 6.32. The molecule has 5 heteroatoms. The molecule has 0 aromatic heterocycles. The summed E-state index contributed by atoms with van der Waals surface area (Å²) in [5.74, 6) is 1.67. The van der Waals surface area contributed by atoms with Crippen LogP contribution in [0.25, 0.3) is 0 Å². The number of nitrogens with zero attached hydrogens (tertiary/aromatic N) is 1. The molecule has 124 valence electrons. The molecule has 0 unspecified atom stereocenters. The molecular weight excluding hydrogens is 302 g/mol. The Balaban J connectivity index is 3.04. The summed E-state index contributed by atoms with van der Waals surface area (Å²) < 4.78 is 11.0. The van der Waals surface area contributed by atoms with Gasteiger partial charge in [-0.25, -0.2) is 0 Å². The molecule has 4 nitrogen and oxygen atoms in total. The molecule has 0 aliphatic rings. The highest BCUT2D eigenvalue weighted by Crippen LogP contribution is 2.37. The van der Waals surface area contributed by atoms with Gasteiger partial charge in [-0.05, 0) is 24.0 Å². The van der Waals surface area contributed by atoms with Gasteiger partial charge in [0.15, 0.2) is 11.5 Å². The SMILES string of the molecule is COc1cc(C(=O)N(C)CC(C)C)cc(Cl)c1OCC(C)C. The number of ether oxygens (including phenoxy) is 2. The maximum Gasteiger partial charge on any atom is 0.253 e. The van der Waals surface area contributed by atoms with Gasteiger partial charge in [0, 0.05) is 19.2 Å². The van der Waals surface area contributed by atoms with E-state index < -0.39 is 0 Å². The summed E-state index contributed by atoms with van der Waals surface area (Å²) in [4.78, 5) is 14.1. The van der Waals surface area contributed by atoms with E-state index in [1.807, 2.05) is 0 Å². The minimum Gasteiger partial charge on any atom is -0.493 e. The largest absolute Gasteiger partial charge is 0.493 e. The quantitative estimate of drug-likeness (QED) is 0.756. The average molecular weight is 328 g/mol. The molecule has 0 atom stereocenters. The highest BCUT2D eigenvalue weighted by Gasteiger charge is 2.19.